The summed E-state index contributed by atoms with van der Waals surface area (Å²) >= 11 is 0. The van der Waals surface area contributed by atoms with Gasteiger partial charge in [0, 0.05) is 12.6 Å². The fourth-order valence-corrected chi connectivity index (χ4v) is 3.39. The lowest BCUT2D eigenvalue weighted by atomic mass is 9.84. The fraction of sp³-hybridized carbons (Fsp3) is 0.625. The third-order valence-corrected chi connectivity index (χ3v) is 4.64. The standard InChI is InChI=1S/C16H24N2O/c1-19-15-4-2-13(3-5-15)6-9-17-16-12-18-10-7-14(16)8-11-18/h2-5,14,16-17H,6-12H2,1H3. The average molecular weight is 260 g/mol. The zero-order chi connectivity index (χ0) is 13.1. The number of nitrogens with one attached hydrogen (secondary N) is 1. The molecule has 3 heterocycles. The topological polar surface area (TPSA) is 24.5 Å². The van der Waals surface area contributed by atoms with E-state index >= 15 is 0 Å². The highest BCUT2D eigenvalue weighted by atomic mass is 16.5. The summed E-state index contributed by atoms with van der Waals surface area (Å²) in [5.74, 6) is 1.86. The van der Waals surface area contributed by atoms with E-state index in [1.807, 2.05) is 12.1 Å². The van der Waals surface area contributed by atoms with Crippen LogP contribution in [0, 0.1) is 5.92 Å². The van der Waals surface area contributed by atoms with E-state index in [-0.39, 0.29) is 0 Å². The van der Waals surface area contributed by atoms with Crippen LogP contribution in [-0.2, 0) is 6.42 Å². The fourth-order valence-electron chi connectivity index (χ4n) is 3.39. The molecule has 104 valence electrons. The molecule has 1 aromatic carbocycles. The van der Waals surface area contributed by atoms with Crippen LogP contribution in [0.2, 0.25) is 0 Å². The van der Waals surface area contributed by atoms with E-state index in [1.54, 1.807) is 7.11 Å². The van der Waals surface area contributed by atoms with Gasteiger partial charge in [-0.25, -0.2) is 0 Å². The highest BCUT2D eigenvalue weighted by Crippen LogP contribution is 2.27. The molecule has 0 spiro atoms. The molecule has 1 aromatic rings. The number of benzene rings is 1. The second-order valence-corrected chi connectivity index (χ2v) is 5.80. The normalized spacial score (nSPS) is 29.4. The lowest BCUT2D eigenvalue weighted by molar-refractivity contribution is 0.0731. The van der Waals surface area contributed by atoms with Gasteiger partial charge in [-0.1, -0.05) is 12.1 Å². The van der Waals surface area contributed by atoms with Gasteiger partial charge in [0.1, 0.15) is 5.75 Å². The molecule has 3 aliphatic rings. The second kappa shape index (κ2) is 5.93. The first-order valence-corrected chi connectivity index (χ1v) is 7.44. The summed E-state index contributed by atoms with van der Waals surface area (Å²) in [5.41, 5.74) is 1.38. The molecule has 1 atom stereocenters. The van der Waals surface area contributed by atoms with E-state index in [1.165, 1.54) is 38.0 Å². The second-order valence-electron chi connectivity index (χ2n) is 5.80. The predicted molar refractivity (Wildman–Crippen MR) is 77.7 cm³/mol. The lowest BCUT2D eigenvalue weighted by Crippen LogP contribution is -2.56. The molecule has 3 heteroatoms. The summed E-state index contributed by atoms with van der Waals surface area (Å²) in [6.45, 7) is 4.98. The summed E-state index contributed by atoms with van der Waals surface area (Å²) in [6.07, 6.45) is 3.88. The van der Waals surface area contributed by atoms with Gasteiger partial charge in [0.2, 0.25) is 0 Å². The molecular weight excluding hydrogens is 236 g/mol. The van der Waals surface area contributed by atoms with Gasteiger partial charge >= 0.3 is 0 Å². The first-order chi connectivity index (χ1) is 9.35. The molecule has 1 unspecified atom stereocenters. The minimum atomic E-state index is 0.723. The van der Waals surface area contributed by atoms with E-state index in [4.69, 9.17) is 4.74 Å². The van der Waals surface area contributed by atoms with Crippen molar-refractivity contribution in [3.05, 3.63) is 29.8 Å². The van der Waals surface area contributed by atoms with E-state index in [9.17, 15) is 0 Å². The summed E-state index contributed by atoms with van der Waals surface area (Å²) in [6, 6.07) is 9.14. The van der Waals surface area contributed by atoms with Gasteiger partial charge in [0.15, 0.2) is 0 Å². The largest absolute Gasteiger partial charge is 0.497 e. The maximum atomic E-state index is 5.18. The van der Waals surface area contributed by atoms with Crippen molar-refractivity contribution < 1.29 is 4.74 Å². The van der Waals surface area contributed by atoms with Crippen molar-refractivity contribution >= 4 is 0 Å². The summed E-state index contributed by atoms with van der Waals surface area (Å²) < 4.78 is 5.18. The Morgan fingerprint density at radius 1 is 1.21 bits per heavy atom. The minimum Gasteiger partial charge on any atom is -0.497 e. The number of rotatable bonds is 5. The smallest absolute Gasteiger partial charge is 0.118 e. The van der Waals surface area contributed by atoms with Crippen LogP contribution in [0.1, 0.15) is 18.4 Å². The van der Waals surface area contributed by atoms with Crippen LogP contribution in [0.4, 0.5) is 0 Å². The number of fused-ring (bicyclic) bond motifs is 3. The molecule has 3 nitrogen and oxygen atoms in total. The zero-order valence-corrected chi connectivity index (χ0v) is 11.8. The molecular formula is C16H24N2O. The van der Waals surface area contributed by atoms with Gasteiger partial charge in [0.25, 0.3) is 0 Å². The number of hydrogen-bond donors (Lipinski definition) is 1. The van der Waals surface area contributed by atoms with Crippen molar-refractivity contribution in [1.82, 2.24) is 10.2 Å². The molecule has 0 saturated carbocycles. The van der Waals surface area contributed by atoms with Gasteiger partial charge < -0.3 is 15.0 Å². The van der Waals surface area contributed by atoms with Gasteiger partial charge in [-0.2, -0.15) is 0 Å². The number of ether oxygens (including phenoxy) is 1. The number of methoxy groups -OCH3 is 1. The third kappa shape index (κ3) is 3.10. The number of hydrogen-bond acceptors (Lipinski definition) is 3. The zero-order valence-electron chi connectivity index (χ0n) is 11.8. The van der Waals surface area contributed by atoms with Gasteiger partial charge in [-0.3, -0.25) is 0 Å². The first kappa shape index (κ1) is 12.9. The van der Waals surface area contributed by atoms with Crippen molar-refractivity contribution in [2.75, 3.05) is 33.3 Å². The van der Waals surface area contributed by atoms with Crippen molar-refractivity contribution in [3.8, 4) is 5.75 Å². The maximum Gasteiger partial charge on any atom is 0.118 e. The lowest BCUT2D eigenvalue weighted by Gasteiger charge is -2.45. The van der Waals surface area contributed by atoms with Crippen LogP contribution in [0.25, 0.3) is 0 Å². The Bertz CT molecular complexity index is 396. The Kier molecular flexibility index (Phi) is 4.04. The van der Waals surface area contributed by atoms with Crippen molar-refractivity contribution in [1.29, 1.82) is 0 Å². The average Bonchev–Trinajstić information content (AvgIpc) is 2.49. The molecule has 0 radical (unpaired) electrons. The maximum absolute atomic E-state index is 5.18. The van der Waals surface area contributed by atoms with Crippen LogP contribution in [0.15, 0.2) is 24.3 Å². The molecule has 1 N–H and O–H groups in total. The monoisotopic (exact) mass is 260 g/mol. The quantitative estimate of drug-likeness (QED) is 0.875. The van der Waals surface area contributed by atoms with Crippen LogP contribution in [0.3, 0.4) is 0 Å². The first-order valence-electron chi connectivity index (χ1n) is 7.44. The molecule has 0 aliphatic carbocycles. The van der Waals surface area contributed by atoms with Crippen molar-refractivity contribution in [3.63, 3.8) is 0 Å². The Labute approximate surface area is 115 Å². The van der Waals surface area contributed by atoms with Crippen molar-refractivity contribution in [2.24, 2.45) is 5.92 Å². The van der Waals surface area contributed by atoms with E-state index in [0.717, 1.165) is 30.7 Å². The van der Waals surface area contributed by atoms with Crippen LogP contribution in [0.5, 0.6) is 5.75 Å². The Hall–Kier alpha value is -1.06. The molecule has 3 fully saturated rings. The van der Waals surface area contributed by atoms with Gasteiger partial charge in [0.05, 0.1) is 7.11 Å². The highest BCUT2D eigenvalue weighted by Gasteiger charge is 2.33. The van der Waals surface area contributed by atoms with Crippen molar-refractivity contribution in [2.45, 2.75) is 25.3 Å². The Morgan fingerprint density at radius 2 is 1.95 bits per heavy atom. The van der Waals surface area contributed by atoms with Gasteiger partial charge in [-0.05, 0) is 62.5 Å². The Morgan fingerprint density at radius 3 is 2.53 bits per heavy atom. The molecule has 3 saturated heterocycles. The molecule has 19 heavy (non-hydrogen) atoms. The van der Waals surface area contributed by atoms with Gasteiger partial charge in [-0.15, -0.1) is 0 Å². The van der Waals surface area contributed by atoms with E-state index < -0.39 is 0 Å². The summed E-state index contributed by atoms with van der Waals surface area (Å²) in [5, 5.41) is 3.76. The molecule has 3 aliphatic heterocycles. The summed E-state index contributed by atoms with van der Waals surface area (Å²) in [7, 11) is 1.71. The van der Waals surface area contributed by atoms with Crippen LogP contribution >= 0.6 is 0 Å². The van der Waals surface area contributed by atoms with Crippen LogP contribution in [-0.4, -0.2) is 44.2 Å². The number of piperidine rings is 3. The predicted octanol–water partition coefficient (Wildman–Crippen LogP) is 1.92. The summed E-state index contributed by atoms with van der Waals surface area (Å²) in [4.78, 5) is 2.60. The Balaban J connectivity index is 1.45. The van der Waals surface area contributed by atoms with E-state index in [0.29, 0.717) is 0 Å². The van der Waals surface area contributed by atoms with E-state index in [2.05, 4.69) is 22.3 Å². The minimum absolute atomic E-state index is 0.723. The third-order valence-electron chi connectivity index (χ3n) is 4.64. The molecule has 0 amide bonds. The molecule has 0 aromatic heterocycles. The van der Waals surface area contributed by atoms with Crippen LogP contribution < -0.4 is 10.1 Å². The molecule has 2 bridgehead atoms. The number of nitrogens with zero attached hydrogens (tertiary/aromatic N) is 1. The highest BCUT2D eigenvalue weighted by molar-refractivity contribution is 5.27. The SMILES string of the molecule is COc1ccc(CCNC2CN3CCC2CC3)cc1. The molecule has 4 rings (SSSR count).